The van der Waals surface area contributed by atoms with E-state index >= 15 is 0 Å². The normalized spacial score (nSPS) is 26.1. The fraction of sp³-hybridized carbons (Fsp3) is 0.568. The lowest BCUT2D eigenvalue weighted by atomic mass is 9.88. The average Bonchev–Trinajstić information content (AvgIpc) is 3.71. The third-order valence-electron chi connectivity index (χ3n) is 11.7. The van der Waals surface area contributed by atoms with E-state index in [1.807, 2.05) is 34.6 Å². The topological polar surface area (TPSA) is 228 Å². The Kier molecular flexibility index (Phi) is 16.6. The summed E-state index contributed by atoms with van der Waals surface area (Å²) in [5, 5.41) is 18.4. The van der Waals surface area contributed by atoms with E-state index in [-0.39, 0.29) is 24.8 Å². The minimum Gasteiger partial charge on any atom is -0.505 e. The first-order valence-electron chi connectivity index (χ1n) is 21.0. The summed E-state index contributed by atoms with van der Waals surface area (Å²) in [7, 11) is 4.26. The number of esters is 1. The lowest BCUT2D eigenvalue weighted by Gasteiger charge is -2.37. The van der Waals surface area contributed by atoms with Gasteiger partial charge in [0.05, 0.1) is 6.54 Å². The number of hydrogen-bond donors (Lipinski definition) is 4. The van der Waals surface area contributed by atoms with Crippen LogP contribution in [0.2, 0.25) is 0 Å². The highest BCUT2D eigenvalue weighted by molar-refractivity contribution is 6.00. The van der Waals surface area contributed by atoms with Gasteiger partial charge in [0.1, 0.15) is 42.1 Å². The van der Waals surface area contributed by atoms with Crippen molar-refractivity contribution in [2.75, 3.05) is 34.2 Å². The molecule has 2 aliphatic heterocycles. The maximum absolute atomic E-state index is 14.4. The van der Waals surface area contributed by atoms with Crippen molar-refractivity contribution in [2.24, 2.45) is 17.8 Å². The van der Waals surface area contributed by atoms with Crippen molar-refractivity contribution in [3.8, 4) is 5.75 Å². The number of carbonyl (C=O) groups is 8. The zero-order valence-corrected chi connectivity index (χ0v) is 37.3. The van der Waals surface area contributed by atoms with Crippen molar-refractivity contribution in [3.05, 3.63) is 59.9 Å². The predicted octanol–water partition coefficient (Wildman–Crippen LogP) is 1.63. The van der Waals surface area contributed by atoms with Gasteiger partial charge in [-0.15, -0.1) is 0 Å². The molecule has 7 amide bonds. The Labute approximate surface area is 363 Å². The third-order valence-corrected chi connectivity index (χ3v) is 11.7. The van der Waals surface area contributed by atoms with E-state index in [0.717, 1.165) is 4.90 Å². The van der Waals surface area contributed by atoms with Gasteiger partial charge in [-0.05, 0) is 68.6 Å². The number of pyridine rings is 1. The van der Waals surface area contributed by atoms with Crippen LogP contribution in [0.15, 0.2) is 48.7 Å². The first-order chi connectivity index (χ1) is 29.2. The summed E-state index contributed by atoms with van der Waals surface area (Å²) >= 11 is 0. The zero-order valence-electron chi connectivity index (χ0n) is 37.3. The number of nitrogens with one attached hydrogen (secondary N) is 3. The summed E-state index contributed by atoms with van der Waals surface area (Å²) in [5.74, 6) is -7.01. The molecule has 0 radical (unpaired) electrons. The number of aromatic hydroxyl groups is 1. The Morgan fingerprint density at radius 3 is 2.15 bits per heavy atom. The molecule has 0 spiro atoms. The number of carbonyl (C=O) groups excluding carboxylic acids is 8. The van der Waals surface area contributed by atoms with Crippen LogP contribution in [0.25, 0.3) is 0 Å². The minimum absolute atomic E-state index is 0.0904. The Morgan fingerprint density at radius 2 is 1.53 bits per heavy atom. The number of likely N-dealkylation sites (N-methyl/N-ethyl adjacent to an activating group) is 3. The third kappa shape index (κ3) is 11.4. The number of hydrogen-bond acceptors (Lipinski definition) is 11. The maximum Gasteiger partial charge on any atom is 0.333 e. The highest BCUT2D eigenvalue weighted by Gasteiger charge is 2.43. The van der Waals surface area contributed by atoms with E-state index < -0.39 is 114 Å². The van der Waals surface area contributed by atoms with E-state index in [2.05, 4.69) is 20.9 Å². The molecule has 62 heavy (non-hydrogen) atoms. The number of fused-ring (bicyclic) bond motifs is 1. The molecule has 1 aromatic heterocycles. The van der Waals surface area contributed by atoms with Gasteiger partial charge < -0.3 is 45.4 Å². The highest BCUT2D eigenvalue weighted by Crippen LogP contribution is 2.26. The van der Waals surface area contributed by atoms with Crippen LogP contribution in [-0.2, 0) is 38.3 Å². The van der Waals surface area contributed by atoms with Gasteiger partial charge in [0.15, 0.2) is 11.7 Å². The van der Waals surface area contributed by atoms with Crippen molar-refractivity contribution < 1.29 is 48.2 Å². The zero-order chi connectivity index (χ0) is 46.2. The largest absolute Gasteiger partial charge is 0.505 e. The average molecular weight is 863 g/mol. The Hall–Kier alpha value is -6.07. The van der Waals surface area contributed by atoms with Gasteiger partial charge in [0.2, 0.25) is 35.4 Å². The number of cyclic esters (lactones) is 1. The summed E-state index contributed by atoms with van der Waals surface area (Å²) in [6.45, 7) is 11.8. The number of nitrogens with zero attached hydrogens (tertiary/aromatic N) is 5. The molecule has 18 heteroatoms. The minimum atomic E-state index is -1.69. The van der Waals surface area contributed by atoms with Crippen molar-refractivity contribution in [1.82, 2.24) is 40.5 Å². The lowest BCUT2D eigenvalue weighted by Crippen LogP contribution is -2.60. The first-order valence-corrected chi connectivity index (χ1v) is 21.0. The number of aromatic nitrogens is 1. The SMILES string of the molecule is CC(C)C[C@H]1NC(=O)[C@@H](NC(=O)c2ncccc2O)C(C)OC(=O)[C@H](c2ccccc2)N(C)C(=O)[C@H](C)NC(=O)[C@H](C(C)C(C)C)N(C)C(=O)CN(C)C(=O)[C@H]2CCCN2C1=O. The molecule has 2 fully saturated rings. The van der Waals surface area contributed by atoms with Crippen LogP contribution < -0.4 is 16.0 Å². The van der Waals surface area contributed by atoms with Gasteiger partial charge in [0.25, 0.3) is 5.91 Å². The van der Waals surface area contributed by atoms with Gasteiger partial charge in [-0.1, -0.05) is 65.0 Å². The second-order valence-corrected chi connectivity index (χ2v) is 17.1. The summed E-state index contributed by atoms with van der Waals surface area (Å²) in [5.41, 5.74) is -0.0948. The lowest BCUT2D eigenvalue weighted by molar-refractivity contribution is -0.161. The van der Waals surface area contributed by atoms with Crippen molar-refractivity contribution in [2.45, 2.75) is 110 Å². The molecule has 8 atom stereocenters. The van der Waals surface area contributed by atoms with Crippen molar-refractivity contribution >= 4 is 47.3 Å². The molecule has 2 unspecified atom stereocenters. The smallest absolute Gasteiger partial charge is 0.333 e. The van der Waals surface area contributed by atoms with E-state index in [9.17, 15) is 43.5 Å². The van der Waals surface area contributed by atoms with Gasteiger partial charge in [-0.25, -0.2) is 9.78 Å². The quantitative estimate of drug-likeness (QED) is 0.293. The van der Waals surface area contributed by atoms with Gasteiger partial charge in [-0.3, -0.25) is 33.6 Å². The van der Waals surface area contributed by atoms with Crippen LogP contribution in [0.5, 0.6) is 5.75 Å². The molecular formula is C44H62N8O10. The molecule has 2 saturated heterocycles. The summed E-state index contributed by atoms with van der Waals surface area (Å²) in [6.07, 6.45) is 0.679. The van der Waals surface area contributed by atoms with Gasteiger partial charge in [-0.2, -0.15) is 0 Å². The number of rotatable bonds is 7. The van der Waals surface area contributed by atoms with E-state index in [1.54, 1.807) is 30.3 Å². The molecule has 1 aromatic carbocycles. The molecule has 0 bridgehead atoms. The monoisotopic (exact) mass is 862 g/mol. The molecule has 2 aromatic rings. The second kappa shape index (κ2) is 21.1. The molecule has 338 valence electrons. The fourth-order valence-electron chi connectivity index (χ4n) is 7.82. The standard InChI is InChI=1S/C44H62N8O10/c1-24(2)22-30-42(59)52-21-15-18-31(52)43(60)49(8)23-33(54)50(9)36(26(5)25(3)4)40(57)46-27(6)41(58)51(10)37(29-16-12-11-13-17-29)44(61)62-28(7)34(38(55)47-30)48-39(56)35-32(53)19-14-20-45-35/h11-14,16-17,19-20,24-28,30-31,34,36-37,53H,15,18,21-23H2,1-10H3,(H,46,57)(H,47,55)(H,48,56)/t26?,27-,28?,30+,31+,34-,36-,37-/m0/s1. The number of amides is 7. The molecule has 4 rings (SSSR count). The summed E-state index contributed by atoms with van der Waals surface area (Å²) in [4.78, 5) is 122. The number of ether oxygens (including phenoxy) is 1. The van der Waals surface area contributed by atoms with Gasteiger partial charge in [0, 0.05) is 33.9 Å². The van der Waals surface area contributed by atoms with Crippen LogP contribution in [0.3, 0.4) is 0 Å². The van der Waals surface area contributed by atoms with Crippen molar-refractivity contribution in [3.63, 3.8) is 0 Å². The summed E-state index contributed by atoms with van der Waals surface area (Å²) in [6, 6.07) is 3.27. The molecule has 3 heterocycles. The molecule has 2 aliphatic rings. The van der Waals surface area contributed by atoms with Crippen molar-refractivity contribution in [1.29, 1.82) is 0 Å². The van der Waals surface area contributed by atoms with E-state index in [0.29, 0.717) is 18.4 Å². The fourth-order valence-corrected chi connectivity index (χ4v) is 7.82. The Balaban J connectivity index is 1.84. The Morgan fingerprint density at radius 1 is 0.871 bits per heavy atom. The summed E-state index contributed by atoms with van der Waals surface area (Å²) < 4.78 is 5.93. The molecule has 0 saturated carbocycles. The molecule has 4 N–H and O–H groups in total. The second-order valence-electron chi connectivity index (χ2n) is 17.1. The molecule has 18 nitrogen and oxygen atoms in total. The number of benzene rings is 1. The van der Waals surface area contributed by atoms with E-state index in [1.165, 1.54) is 68.0 Å². The molecule has 0 aliphatic carbocycles. The predicted molar refractivity (Wildman–Crippen MR) is 227 cm³/mol. The Bertz CT molecular complexity index is 1980. The van der Waals surface area contributed by atoms with Crippen LogP contribution in [-0.4, -0.2) is 148 Å². The van der Waals surface area contributed by atoms with Crippen LogP contribution in [0.4, 0.5) is 0 Å². The van der Waals surface area contributed by atoms with Crippen LogP contribution in [0, 0.1) is 17.8 Å². The van der Waals surface area contributed by atoms with Crippen LogP contribution in [0.1, 0.15) is 89.8 Å². The van der Waals surface area contributed by atoms with Crippen LogP contribution >= 0.6 is 0 Å². The molecular weight excluding hydrogens is 801 g/mol. The highest BCUT2D eigenvalue weighted by atomic mass is 16.5. The maximum atomic E-state index is 14.4. The van der Waals surface area contributed by atoms with E-state index in [4.69, 9.17) is 4.74 Å². The van der Waals surface area contributed by atoms with Gasteiger partial charge >= 0.3 is 5.97 Å². The first kappa shape index (κ1) is 48.6.